The molecule has 1 saturated carbocycles. The van der Waals surface area contributed by atoms with Gasteiger partial charge in [-0.25, -0.2) is 23.4 Å². The molecule has 2 aromatic heterocycles. The average Bonchev–Trinajstić information content (AvgIpc) is 3.35. The van der Waals surface area contributed by atoms with Crippen LogP contribution in [0, 0.1) is 11.6 Å². The highest BCUT2D eigenvalue weighted by atomic mass is 32.2. The van der Waals surface area contributed by atoms with Crippen molar-refractivity contribution in [2.75, 3.05) is 31.9 Å². The van der Waals surface area contributed by atoms with Crippen molar-refractivity contribution >= 4 is 28.7 Å². The third-order valence-corrected chi connectivity index (χ3v) is 7.51. The summed E-state index contributed by atoms with van der Waals surface area (Å²) < 4.78 is 44.9. The number of anilines is 1. The molecule has 0 bridgehead atoms. The Morgan fingerprint density at radius 3 is 2.78 bits per heavy atom. The van der Waals surface area contributed by atoms with E-state index in [1.54, 1.807) is 10.7 Å². The monoisotopic (exact) mass is 522 g/mol. The fourth-order valence-corrected chi connectivity index (χ4v) is 5.17. The number of methoxy groups -OCH3 is 2. The number of nitrogens with one attached hydrogen (secondary N) is 1. The van der Waals surface area contributed by atoms with Crippen LogP contribution in [0.4, 0.5) is 14.6 Å². The highest BCUT2D eigenvalue weighted by Crippen LogP contribution is 2.44. The van der Waals surface area contributed by atoms with E-state index in [2.05, 4.69) is 32.5 Å². The van der Waals surface area contributed by atoms with E-state index >= 15 is 0 Å². The smallest absolute Gasteiger partial charge is 0.191 e. The second-order valence-corrected chi connectivity index (χ2v) is 9.93. The van der Waals surface area contributed by atoms with Crippen LogP contribution in [0.1, 0.15) is 37.3 Å². The summed E-state index contributed by atoms with van der Waals surface area (Å²) in [5, 5.41) is 23.5. The van der Waals surface area contributed by atoms with Gasteiger partial charge in [-0.15, -0.1) is 5.10 Å². The number of thioether (sulfide) groups is 1. The summed E-state index contributed by atoms with van der Waals surface area (Å²) in [7, 11) is 2.96. The standard InChI is InChI=1S/C23H28F2N6O4S/c1-4-7-36-23-27-20(26-15-9-12(15)11-5-6-13(24)14(25)8-11)17-21(28-23)31(30-29-17)16-10-35-19(18(16)32)22(33-2)34-3/h5-6,8,12,15-16,18-19,22,32H,4,7,9-10H2,1-3H3,(H,26,27,28)/t12-,15+,16?,18?,19?/m0/s1. The minimum atomic E-state index is -0.959. The minimum absolute atomic E-state index is 0.0175. The summed E-state index contributed by atoms with van der Waals surface area (Å²) in [6.07, 6.45) is -0.695. The van der Waals surface area contributed by atoms with E-state index in [0.717, 1.165) is 30.2 Å². The van der Waals surface area contributed by atoms with Crippen LogP contribution >= 0.6 is 11.8 Å². The first kappa shape index (κ1) is 25.2. The predicted molar refractivity (Wildman–Crippen MR) is 128 cm³/mol. The maximum atomic E-state index is 13.7. The fourth-order valence-electron chi connectivity index (χ4n) is 4.48. The van der Waals surface area contributed by atoms with Gasteiger partial charge in [-0.2, -0.15) is 0 Å². The van der Waals surface area contributed by atoms with Crippen molar-refractivity contribution in [3.8, 4) is 0 Å². The number of aliphatic hydroxyl groups is 1. The number of aliphatic hydroxyl groups excluding tert-OH is 1. The van der Waals surface area contributed by atoms with Crippen LogP contribution in [-0.2, 0) is 14.2 Å². The summed E-state index contributed by atoms with van der Waals surface area (Å²) in [6, 6.07) is 3.42. The molecule has 1 aliphatic carbocycles. The molecule has 5 atom stereocenters. The van der Waals surface area contributed by atoms with Crippen LogP contribution < -0.4 is 5.32 Å². The molecule has 194 valence electrons. The molecule has 0 radical (unpaired) electrons. The third-order valence-electron chi connectivity index (χ3n) is 6.46. The van der Waals surface area contributed by atoms with Gasteiger partial charge in [0.25, 0.3) is 0 Å². The number of halogens is 2. The number of aromatic nitrogens is 5. The quantitative estimate of drug-likeness (QED) is 0.234. The molecule has 36 heavy (non-hydrogen) atoms. The Balaban J connectivity index is 1.43. The molecule has 5 rings (SSSR count). The Kier molecular flexibility index (Phi) is 7.35. The molecule has 2 N–H and O–H groups in total. The molecule has 1 aliphatic heterocycles. The number of ether oxygens (including phenoxy) is 3. The van der Waals surface area contributed by atoms with Gasteiger partial charge >= 0.3 is 0 Å². The average molecular weight is 523 g/mol. The molecular weight excluding hydrogens is 494 g/mol. The third kappa shape index (κ3) is 4.77. The fraction of sp³-hybridized carbons (Fsp3) is 0.565. The number of hydrogen-bond donors (Lipinski definition) is 2. The van der Waals surface area contributed by atoms with Gasteiger partial charge in [-0.3, -0.25) is 0 Å². The van der Waals surface area contributed by atoms with Crippen molar-refractivity contribution in [2.45, 2.75) is 61.4 Å². The van der Waals surface area contributed by atoms with Crippen LogP contribution in [0.5, 0.6) is 0 Å². The molecule has 2 fully saturated rings. The van der Waals surface area contributed by atoms with Gasteiger partial charge < -0.3 is 24.6 Å². The lowest BCUT2D eigenvalue weighted by Gasteiger charge is -2.23. The summed E-state index contributed by atoms with van der Waals surface area (Å²) in [4.78, 5) is 9.34. The molecule has 0 amide bonds. The molecule has 2 aliphatic rings. The lowest BCUT2D eigenvalue weighted by molar-refractivity contribution is -0.185. The normalized spacial score (nSPS) is 25.7. The van der Waals surface area contributed by atoms with Crippen LogP contribution in [-0.4, -0.2) is 81.2 Å². The van der Waals surface area contributed by atoms with Crippen LogP contribution in [0.3, 0.4) is 0 Å². The summed E-state index contributed by atoms with van der Waals surface area (Å²) in [6.45, 7) is 2.25. The Morgan fingerprint density at radius 2 is 2.06 bits per heavy atom. The summed E-state index contributed by atoms with van der Waals surface area (Å²) in [5.41, 5.74) is 1.65. The van der Waals surface area contributed by atoms with Gasteiger partial charge in [0.15, 0.2) is 40.1 Å². The van der Waals surface area contributed by atoms with Gasteiger partial charge in [-0.1, -0.05) is 30.0 Å². The van der Waals surface area contributed by atoms with E-state index in [9.17, 15) is 13.9 Å². The molecule has 10 nitrogen and oxygen atoms in total. The van der Waals surface area contributed by atoms with Crippen LogP contribution in [0.15, 0.2) is 23.4 Å². The first-order chi connectivity index (χ1) is 17.4. The Bertz CT molecular complexity index is 1230. The zero-order valence-electron chi connectivity index (χ0n) is 20.1. The highest BCUT2D eigenvalue weighted by Gasteiger charge is 2.44. The number of rotatable bonds is 10. The maximum absolute atomic E-state index is 13.7. The topological polar surface area (TPSA) is 116 Å². The Hall–Kier alpha value is -2.45. The second kappa shape index (κ2) is 10.5. The van der Waals surface area contributed by atoms with Gasteiger partial charge in [0.05, 0.1) is 6.61 Å². The molecule has 0 spiro atoms. The van der Waals surface area contributed by atoms with Gasteiger partial charge in [0.1, 0.15) is 18.2 Å². The Morgan fingerprint density at radius 1 is 1.25 bits per heavy atom. The minimum Gasteiger partial charge on any atom is -0.388 e. The second-order valence-electron chi connectivity index (χ2n) is 8.87. The zero-order valence-corrected chi connectivity index (χ0v) is 20.9. The summed E-state index contributed by atoms with van der Waals surface area (Å²) in [5.74, 6) is -0.357. The van der Waals surface area contributed by atoms with Crippen LogP contribution in [0.25, 0.3) is 11.2 Å². The number of hydrogen-bond acceptors (Lipinski definition) is 10. The number of nitrogens with zero attached hydrogens (tertiary/aromatic N) is 5. The van der Waals surface area contributed by atoms with E-state index in [-0.39, 0.29) is 18.6 Å². The molecule has 1 saturated heterocycles. The SMILES string of the molecule is CCCSc1nc(N[C@@H]2C[C@H]2c2ccc(F)c(F)c2)c2nnn(C3COC(C(OC)OC)C3O)c2n1. The van der Waals surface area contributed by atoms with E-state index in [1.807, 2.05) is 0 Å². The van der Waals surface area contributed by atoms with Crippen molar-refractivity contribution in [3.05, 3.63) is 35.4 Å². The Labute approximate surface area is 210 Å². The first-order valence-electron chi connectivity index (χ1n) is 11.8. The lowest BCUT2D eigenvalue weighted by atomic mass is 10.1. The van der Waals surface area contributed by atoms with Crippen molar-refractivity contribution in [1.82, 2.24) is 25.0 Å². The van der Waals surface area contributed by atoms with Gasteiger partial charge in [-0.05, 0) is 30.5 Å². The molecule has 13 heteroatoms. The van der Waals surface area contributed by atoms with Gasteiger partial charge in [0.2, 0.25) is 0 Å². The van der Waals surface area contributed by atoms with Crippen molar-refractivity contribution in [1.29, 1.82) is 0 Å². The molecule has 3 unspecified atom stereocenters. The molecule has 3 aromatic rings. The maximum Gasteiger partial charge on any atom is 0.191 e. The molecule has 1 aromatic carbocycles. The van der Waals surface area contributed by atoms with Crippen molar-refractivity contribution < 1.29 is 28.1 Å². The van der Waals surface area contributed by atoms with E-state index < -0.39 is 36.2 Å². The van der Waals surface area contributed by atoms with Crippen LogP contribution in [0.2, 0.25) is 0 Å². The van der Waals surface area contributed by atoms with Gasteiger partial charge in [0, 0.05) is 31.9 Å². The lowest BCUT2D eigenvalue weighted by Crippen LogP contribution is -2.39. The zero-order chi connectivity index (χ0) is 25.4. The highest BCUT2D eigenvalue weighted by molar-refractivity contribution is 7.99. The van der Waals surface area contributed by atoms with Crippen molar-refractivity contribution in [3.63, 3.8) is 0 Å². The number of fused-ring (bicyclic) bond motifs is 1. The van der Waals surface area contributed by atoms with E-state index in [1.165, 1.54) is 32.0 Å². The van der Waals surface area contributed by atoms with E-state index in [4.69, 9.17) is 14.2 Å². The molecular formula is C23H28F2N6O4S. The predicted octanol–water partition coefficient (Wildman–Crippen LogP) is 2.89. The summed E-state index contributed by atoms with van der Waals surface area (Å²) >= 11 is 1.51. The largest absolute Gasteiger partial charge is 0.388 e. The first-order valence-corrected chi connectivity index (χ1v) is 12.8. The van der Waals surface area contributed by atoms with E-state index in [0.29, 0.717) is 22.1 Å². The number of benzene rings is 1. The van der Waals surface area contributed by atoms with Crippen molar-refractivity contribution in [2.24, 2.45) is 0 Å². The molecule has 3 heterocycles.